The van der Waals surface area contributed by atoms with Crippen molar-refractivity contribution in [1.29, 1.82) is 0 Å². The zero-order chi connectivity index (χ0) is 13.3. The van der Waals surface area contributed by atoms with E-state index in [2.05, 4.69) is 0 Å². The summed E-state index contributed by atoms with van der Waals surface area (Å²) in [4.78, 5) is 24.3. The molecule has 6 heteroatoms. The van der Waals surface area contributed by atoms with E-state index in [1.807, 2.05) is 0 Å². The fourth-order valence-electron chi connectivity index (χ4n) is 1.97. The van der Waals surface area contributed by atoms with E-state index in [0.717, 1.165) is 11.8 Å². The highest BCUT2D eigenvalue weighted by molar-refractivity contribution is 8.14. The van der Waals surface area contributed by atoms with Crippen LogP contribution < -0.4 is 4.90 Å². The minimum Gasteiger partial charge on any atom is -0.508 e. The summed E-state index contributed by atoms with van der Waals surface area (Å²) >= 11 is 1.15. The van der Waals surface area contributed by atoms with Crippen molar-refractivity contribution in [3.05, 3.63) is 18.2 Å². The molecule has 1 heterocycles. The van der Waals surface area contributed by atoms with Crippen molar-refractivity contribution in [3.63, 3.8) is 0 Å². The fraction of sp³-hybridized carbons (Fsp3) is 0.333. The molecular formula is C12H13NO4S. The number of amides is 1. The topological polar surface area (TPSA) is 77.8 Å². The van der Waals surface area contributed by atoms with Crippen LogP contribution in [0.4, 0.5) is 5.69 Å². The number of rotatable bonds is 2. The Morgan fingerprint density at radius 3 is 2.50 bits per heavy atom. The number of benzene rings is 1. The number of phenolic OH excluding ortho intramolecular Hbond substituents is 2. The normalized spacial score (nSPS) is 19.3. The Morgan fingerprint density at radius 1 is 1.33 bits per heavy atom. The van der Waals surface area contributed by atoms with Gasteiger partial charge in [0, 0.05) is 43.3 Å². The smallest absolute Gasteiger partial charge is 0.228 e. The third kappa shape index (κ3) is 2.76. The largest absolute Gasteiger partial charge is 0.508 e. The second-order valence-corrected chi connectivity index (χ2v) is 5.62. The van der Waals surface area contributed by atoms with Crippen molar-refractivity contribution in [1.82, 2.24) is 0 Å². The van der Waals surface area contributed by atoms with Crippen LogP contribution >= 0.6 is 11.8 Å². The molecule has 0 bridgehead atoms. The summed E-state index contributed by atoms with van der Waals surface area (Å²) in [6, 6.07) is 4.03. The van der Waals surface area contributed by atoms with E-state index in [-0.39, 0.29) is 27.8 Å². The molecule has 0 aromatic heterocycles. The molecule has 1 aromatic carbocycles. The first-order valence-electron chi connectivity index (χ1n) is 5.46. The molecule has 0 saturated carbocycles. The third-order valence-corrected chi connectivity index (χ3v) is 3.60. The van der Waals surface area contributed by atoms with Gasteiger partial charge in [-0.2, -0.15) is 0 Å². The molecule has 18 heavy (non-hydrogen) atoms. The van der Waals surface area contributed by atoms with Crippen molar-refractivity contribution < 1.29 is 19.8 Å². The average Bonchev–Trinajstić information content (AvgIpc) is 2.56. The van der Waals surface area contributed by atoms with Crippen LogP contribution in [0.15, 0.2) is 18.2 Å². The number of nitrogens with zero attached hydrogens (tertiary/aromatic N) is 1. The summed E-state index contributed by atoms with van der Waals surface area (Å²) in [5.74, 6) is -0.306. The molecule has 1 aliphatic heterocycles. The van der Waals surface area contributed by atoms with Gasteiger partial charge >= 0.3 is 0 Å². The molecule has 1 aromatic rings. The van der Waals surface area contributed by atoms with E-state index in [9.17, 15) is 19.8 Å². The average molecular weight is 267 g/mol. The van der Waals surface area contributed by atoms with Gasteiger partial charge in [0.15, 0.2) is 5.12 Å². The van der Waals surface area contributed by atoms with Crippen LogP contribution in [-0.2, 0) is 9.59 Å². The zero-order valence-electron chi connectivity index (χ0n) is 9.79. The molecule has 2 N–H and O–H groups in total. The standard InChI is InChI=1S/C12H13NO4S/c1-7(14)18-11-5-12(17)13(6-11)8-2-9(15)4-10(16)3-8/h2-4,11,15-16H,5-6H2,1H3. The Balaban J connectivity index is 2.18. The predicted molar refractivity (Wildman–Crippen MR) is 68.8 cm³/mol. The molecule has 1 fully saturated rings. The van der Waals surface area contributed by atoms with E-state index in [4.69, 9.17) is 0 Å². The van der Waals surface area contributed by atoms with Crippen molar-refractivity contribution in [2.24, 2.45) is 0 Å². The molecule has 1 unspecified atom stereocenters. The first kappa shape index (κ1) is 12.8. The quantitative estimate of drug-likeness (QED) is 0.848. The Labute approximate surface area is 108 Å². The van der Waals surface area contributed by atoms with E-state index >= 15 is 0 Å². The SMILES string of the molecule is CC(=O)SC1CC(=O)N(c2cc(O)cc(O)c2)C1. The molecule has 5 nitrogen and oxygen atoms in total. The number of hydrogen-bond acceptors (Lipinski definition) is 5. The Kier molecular flexibility index (Phi) is 3.47. The second kappa shape index (κ2) is 4.89. The summed E-state index contributed by atoms with van der Waals surface area (Å²) < 4.78 is 0. The van der Waals surface area contributed by atoms with Crippen LogP contribution in [0, 0.1) is 0 Å². The summed E-state index contributed by atoms with van der Waals surface area (Å²) in [7, 11) is 0. The molecule has 96 valence electrons. The number of hydrogen-bond donors (Lipinski definition) is 2. The summed E-state index contributed by atoms with van der Waals surface area (Å²) in [5, 5.41) is 18.7. The van der Waals surface area contributed by atoms with Gasteiger partial charge in [0.25, 0.3) is 0 Å². The predicted octanol–water partition coefficient (Wildman–Crippen LogP) is 1.48. The lowest BCUT2D eigenvalue weighted by Gasteiger charge is -2.16. The van der Waals surface area contributed by atoms with E-state index in [0.29, 0.717) is 18.7 Å². The van der Waals surface area contributed by atoms with Crippen LogP contribution in [0.5, 0.6) is 11.5 Å². The van der Waals surface area contributed by atoms with Gasteiger partial charge in [-0.3, -0.25) is 9.59 Å². The molecular weight excluding hydrogens is 254 g/mol. The van der Waals surface area contributed by atoms with Gasteiger partial charge in [0.1, 0.15) is 11.5 Å². The second-order valence-electron chi connectivity index (χ2n) is 4.15. The summed E-state index contributed by atoms with van der Waals surface area (Å²) in [6.07, 6.45) is 0.292. The minimum absolute atomic E-state index is 0.0200. The Hall–Kier alpha value is -1.69. The maximum Gasteiger partial charge on any atom is 0.228 e. The number of aromatic hydroxyl groups is 2. The van der Waals surface area contributed by atoms with Gasteiger partial charge in [0.2, 0.25) is 5.91 Å². The number of anilines is 1. The maximum absolute atomic E-state index is 11.8. The van der Waals surface area contributed by atoms with E-state index < -0.39 is 0 Å². The molecule has 1 saturated heterocycles. The lowest BCUT2D eigenvalue weighted by molar-refractivity contribution is -0.117. The molecule has 2 rings (SSSR count). The first-order valence-corrected chi connectivity index (χ1v) is 6.34. The van der Waals surface area contributed by atoms with Crippen LogP contribution in [0.2, 0.25) is 0 Å². The van der Waals surface area contributed by atoms with Gasteiger partial charge in [0.05, 0.1) is 5.69 Å². The highest BCUT2D eigenvalue weighted by Gasteiger charge is 2.32. The van der Waals surface area contributed by atoms with Crippen LogP contribution in [-0.4, -0.2) is 33.0 Å². The minimum atomic E-state index is -0.112. The van der Waals surface area contributed by atoms with Crippen molar-refractivity contribution >= 4 is 28.5 Å². The Bertz CT molecular complexity index is 483. The number of carbonyl (C=O) groups is 2. The van der Waals surface area contributed by atoms with Gasteiger partial charge in [-0.1, -0.05) is 11.8 Å². The van der Waals surface area contributed by atoms with Crippen molar-refractivity contribution in [2.75, 3.05) is 11.4 Å². The highest BCUT2D eigenvalue weighted by Crippen LogP contribution is 2.32. The van der Waals surface area contributed by atoms with Crippen LogP contribution in [0.3, 0.4) is 0 Å². The molecule has 1 amide bonds. The monoisotopic (exact) mass is 267 g/mol. The molecule has 1 atom stereocenters. The molecule has 0 spiro atoms. The van der Waals surface area contributed by atoms with Crippen LogP contribution in [0.25, 0.3) is 0 Å². The number of carbonyl (C=O) groups excluding carboxylic acids is 2. The molecule has 1 aliphatic rings. The van der Waals surface area contributed by atoms with Crippen molar-refractivity contribution in [3.8, 4) is 11.5 Å². The number of thioether (sulfide) groups is 1. The highest BCUT2D eigenvalue weighted by atomic mass is 32.2. The maximum atomic E-state index is 11.8. The van der Waals surface area contributed by atoms with E-state index in [1.54, 1.807) is 0 Å². The van der Waals surface area contributed by atoms with Crippen molar-refractivity contribution in [2.45, 2.75) is 18.6 Å². The van der Waals surface area contributed by atoms with Gasteiger partial charge in [-0.25, -0.2) is 0 Å². The fourth-order valence-corrected chi connectivity index (χ4v) is 2.89. The Morgan fingerprint density at radius 2 is 1.94 bits per heavy atom. The van der Waals surface area contributed by atoms with Gasteiger partial charge < -0.3 is 15.1 Å². The zero-order valence-corrected chi connectivity index (χ0v) is 10.6. The third-order valence-electron chi connectivity index (χ3n) is 2.62. The molecule has 0 aliphatic carbocycles. The summed E-state index contributed by atoms with van der Waals surface area (Å²) in [6.45, 7) is 1.88. The lowest BCUT2D eigenvalue weighted by Crippen LogP contribution is -2.24. The van der Waals surface area contributed by atoms with Gasteiger partial charge in [-0.15, -0.1) is 0 Å². The number of phenols is 2. The molecule has 0 radical (unpaired) electrons. The van der Waals surface area contributed by atoms with Gasteiger partial charge in [-0.05, 0) is 0 Å². The first-order chi connectivity index (χ1) is 8.45. The lowest BCUT2D eigenvalue weighted by atomic mass is 10.2. The van der Waals surface area contributed by atoms with E-state index in [1.165, 1.54) is 30.0 Å². The summed E-state index contributed by atoms with van der Waals surface area (Å²) in [5.41, 5.74) is 0.448. The van der Waals surface area contributed by atoms with Crippen LogP contribution in [0.1, 0.15) is 13.3 Å².